The van der Waals surface area contributed by atoms with Crippen LogP contribution in [0, 0.1) is 5.92 Å². The molecule has 2 atom stereocenters. The topological polar surface area (TPSA) is 38.5 Å². The van der Waals surface area contributed by atoms with Gasteiger partial charge in [0.25, 0.3) is 0 Å². The van der Waals surface area contributed by atoms with Gasteiger partial charge in [-0.2, -0.15) is 0 Å². The van der Waals surface area contributed by atoms with Crippen molar-refractivity contribution >= 4 is 0 Å². The van der Waals surface area contributed by atoms with E-state index < -0.39 is 0 Å². The highest BCUT2D eigenvalue weighted by Gasteiger charge is 2.26. The molecule has 2 rings (SSSR count). The van der Waals surface area contributed by atoms with Crippen LogP contribution in [0.4, 0.5) is 0 Å². The van der Waals surface area contributed by atoms with Crippen LogP contribution in [0.2, 0.25) is 0 Å². The lowest BCUT2D eigenvalue weighted by molar-refractivity contribution is -0.00751. The molecule has 0 bridgehead atoms. The summed E-state index contributed by atoms with van der Waals surface area (Å²) in [5.41, 5.74) is 8.49. The summed E-state index contributed by atoms with van der Waals surface area (Å²) in [5.74, 6) is 0.667. The van der Waals surface area contributed by atoms with Gasteiger partial charge in [0, 0.05) is 20.2 Å². The quantitative estimate of drug-likeness (QED) is 0.882. The average Bonchev–Trinajstić information content (AvgIpc) is 2.43. The van der Waals surface area contributed by atoms with E-state index in [0.717, 1.165) is 32.6 Å². The number of hydrogen-bond acceptors (Lipinski definition) is 3. The molecule has 1 saturated heterocycles. The Kier molecular flexibility index (Phi) is 5.37. The zero-order valence-electron chi connectivity index (χ0n) is 12.1. The van der Waals surface area contributed by atoms with Crippen LogP contribution in [0.3, 0.4) is 0 Å². The lowest BCUT2D eigenvalue weighted by Crippen LogP contribution is -2.43. The first-order valence-electron chi connectivity index (χ1n) is 7.26. The fourth-order valence-corrected chi connectivity index (χ4v) is 2.90. The molecule has 1 aliphatic rings. The Balaban J connectivity index is 2.01. The van der Waals surface area contributed by atoms with Gasteiger partial charge in [-0.1, -0.05) is 31.2 Å². The molecule has 106 valence electrons. The third-order valence-electron chi connectivity index (χ3n) is 4.20. The molecular formula is C16H26N2O. The molecule has 0 amide bonds. The molecule has 0 radical (unpaired) electrons. The van der Waals surface area contributed by atoms with E-state index in [9.17, 15) is 0 Å². The Morgan fingerprint density at radius 2 is 2.05 bits per heavy atom. The number of likely N-dealkylation sites (tertiary alicyclic amines) is 1. The third-order valence-corrected chi connectivity index (χ3v) is 4.20. The Morgan fingerprint density at radius 1 is 1.32 bits per heavy atom. The number of benzene rings is 1. The van der Waals surface area contributed by atoms with E-state index in [-0.39, 0.29) is 0 Å². The van der Waals surface area contributed by atoms with Gasteiger partial charge >= 0.3 is 0 Å². The van der Waals surface area contributed by atoms with E-state index in [0.29, 0.717) is 12.0 Å². The molecule has 0 spiro atoms. The molecule has 19 heavy (non-hydrogen) atoms. The molecule has 3 heteroatoms. The third kappa shape index (κ3) is 3.78. The van der Waals surface area contributed by atoms with Gasteiger partial charge in [-0.05, 0) is 43.0 Å². The molecule has 1 heterocycles. The molecule has 1 fully saturated rings. The van der Waals surface area contributed by atoms with Crippen molar-refractivity contribution < 1.29 is 4.74 Å². The summed E-state index contributed by atoms with van der Waals surface area (Å²) < 4.78 is 5.59. The van der Waals surface area contributed by atoms with Crippen molar-refractivity contribution in [2.75, 3.05) is 26.7 Å². The monoisotopic (exact) mass is 262 g/mol. The number of nitrogens with zero attached hydrogens (tertiary/aromatic N) is 1. The maximum Gasteiger partial charge on any atom is 0.0724 e. The first-order valence-corrected chi connectivity index (χ1v) is 7.26. The van der Waals surface area contributed by atoms with Crippen LogP contribution >= 0.6 is 0 Å². The van der Waals surface area contributed by atoms with Crippen molar-refractivity contribution in [3.05, 3.63) is 35.4 Å². The summed E-state index contributed by atoms with van der Waals surface area (Å²) in [7, 11) is 1.83. The van der Waals surface area contributed by atoms with Crippen LogP contribution < -0.4 is 5.73 Å². The minimum absolute atomic E-state index is 0.371. The first kappa shape index (κ1) is 14.5. The van der Waals surface area contributed by atoms with Gasteiger partial charge in [-0.3, -0.25) is 4.90 Å². The average molecular weight is 262 g/mol. The molecule has 0 aliphatic carbocycles. The van der Waals surface area contributed by atoms with Crippen LogP contribution in [-0.2, 0) is 17.7 Å². The van der Waals surface area contributed by atoms with E-state index in [1.165, 1.54) is 17.5 Å². The lowest BCUT2D eigenvalue weighted by atomic mass is 9.95. The largest absolute Gasteiger partial charge is 0.380 e. The van der Waals surface area contributed by atoms with Crippen LogP contribution in [0.25, 0.3) is 0 Å². The van der Waals surface area contributed by atoms with E-state index in [1.54, 1.807) is 0 Å². The molecule has 1 aliphatic heterocycles. The van der Waals surface area contributed by atoms with Gasteiger partial charge in [0.2, 0.25) is 0 Å². The van der Waals surface area contributed by atoms with E-state index in [2.05, 4.69) is 36.1 Å². The van der Waals surface area contributed by atoms with Crippen molar-refractivity contribution in [2.45, 2.75) is 32.4 Å². The SMILES string of the molecule is COC1CN(Cc2ccccc2CCN)CCC1C. The molecule has 0 saturated carbocycles. The van der Waals surface area contributed by atoms with E-state index in [1.807, 2.05) is 7.11 Å². The zero-order chi connectivity index (χ0) is 13.7. The van der Waals surface area contributed by atoms with Crippen LogP contribution in [0.1, 0.15) is 24.5 Å². The molecule has 1 aromatic carbocycles. The fraction of sp³-hybridized carbons (Fsp3) is 0.625. The highest BCUT2D eigenvalue weighted by molar-refractivity contribution is 5.27. The predicted molar refractivity (Wildman–Crippen MR) is 79.1 cm³/mol. The van der Waals surface area contributed by atoms with Crippen molar-refractivity contribution in [1.82, 2.24) is 4.90 Å². The van der Waals surface area contributed by atoms with Crippen LogP contribution in [-0.4, -0.2) is 37.7 Å². The van der Waals surface area contributed by atoms with Gasteiger partial charge in [-0.25, -0.2) is 0 Å². The summed E-state index contributed by atoms with van der Waals surface area (Å²) in [6.07, 6.45) is 2.56. The summed E-state index contributed by atoms with van der Waals surface area (Å²) in [5, 5.41) is 0. The Hall–Kier alpha value is -0.900. The second-order valence-electron chi connectivity index (χ2n) is 5.58. The molecular weight excluding hydrogens is 236 g/mol. The first-order chi connectivity index (χ1) is 9.24. The van der Waals surface area contributed by atoms with Gasteiger partial charge in [-0.15, -0.1) is 0 Å². The Bertz CT molecular complexity index is 394. The number of hydrogen-bond donors (Lipinski definition) is 1. The number of methoxy groups -OCH3 is 1. The van der Waals surface area contributed by atoms with Crippen molar-refractivity contribution in [1.29, 1.82) is 0 Å². The molecule has 2 N–H and O–H groups in total. The van der Waals surface area contributed by atoms with Gasteiger partial charge in [0.15, 0.2) is 0 Å². The van der Waals surface area contributed by atoms with Crippen LogP contribution in [0.15, 0.2) is 24.3 Å². The number of nitrogens with two attached hydrogens (primary N) is 1. The predicted octanol–water partition coefficient (Wildman–Crippen LogP) is 2.04. The Labute approximate surface area is 116 Å². The van der Waals surface area contributed by atoms with Crippen LogP contribution in [0.5, 0.6) is 0 Å². The van der Waals surface area contributed by atoms with E-state index >= 15 is 0 Å². The normalized spacial score (nSPS) is 24.6. The molecule has 3 nitrogen and oxygen atoms in total. The van der Waals surface area contributed by atoms with Crippen molar-refractivity contribution in [3.63, 3.8) is 0 Å². The van der Waals surface area contributed by atoms with Crippen molar-refractivity contribution in [3.8, 4) is 0 Å². The summed E-state index contributed by atoms with van der Waals surface area (Å²) in [6, 6.07) is 8.65. The molecule has 2 unspecified atom stereocenters. The highest BCUT2D eigenvalue weighted by atomic mass is 16.5. The Morgan fingerprint density at radius 3 is 2.74 bits per heavy atom. The maximum absolute atomic E-state index is 5.69. The second-order valence-corrected chi connectivity index (χ2v) is 5.58. The zero-order valence-corrected chi connectivity index (χ0v) is 12.1. The lowest BCUT2D eigenvalue weighted by Gasteiger charge is -2.36. The minimum Gasteiger partial charge on any atom is -0.380 e. The number of piperidine rings is 1. The minimum atomic E-state index is 0.371. The van der Waals surface area contributed by atoms with Gasteiger partial charge in [0.1, 0.15) is 0 Å². The maximum atomic E-state index is 5.69. The van der Waals surface area contributed by atoms with Crippen molar-refractivity contribution in [2.24, 2.45) is 11.7 Å². The highest BCUT2D eigenvalue weighted by Crippen LogP contribution is 2.22. The van der Waals surface area contributed by atoms with Gasteiger partial charge in [0.05, 0.1) is 6.10 Å². The summed E-state index contributed by atoms with van der Waals surface area (Å²) in [4.78, 5) is 2.50. The summed E-state index contributed by atoms with van der Waals surface area (Å²) >= 11 is 0. The fourth-order valence-electron chi connectivity index (χ4n) is 2.90. The summed E-state index contributed by atoms with van der Waals surface area (Å²) in [6.45, 7) is 6.22. The van der Waals surface area contributed by atoms with Gasteiger partial charge < -0.3 is 10.5 Å². The number of ether oxygens (including phenoxy) is 1. The standard InChI is InChI=1S/C16H26N2O/c1-13-8-10-18(12-16(13)19-2)11-15-6-4-3-5-14(15)7-9-17/h3-6,13,16H,7-12,17H2,1-2H3. The van der Waals surface area contributed by atoms with E-state index in [4.69, 9.17) is 10.5 Å². The molecule has 0 aromatic heterocycles. The molecule has 1 aromatic rings. The smallest absolute Gasteiger partial charge is 0.0724 e. The number of rotatable bonds is 5. The second kappa shape index (κ2) is 7.04.